The number of hydrogen-bond acceptors (Lipinski definition) is 3. The maximum Gasteiger partial charge on any atom is 0.303 e. The minimum atomic E-state index is -0.761. The number of carbonyl (C=O) groups is 2. The van der Waals surface area contributed by atoms with Crippen molar-refractivity contribution in [3.8, 4) is 5.75 Å². The van der Waals surface area contributed by atoms with E-state index in [1.54, 1.807) is 4.90 Å². The lowest BCUT2D eigenvalue weighted by atomic mass is 9.94. The molecule has 0 aromatic heterocycles. The molecular weight excluding hydrogens is 294 g/mol. The zero-order chi connectivity index (χ0) is 16.8. The molecule has 1 heterocycles. The van der Waals surface area contributed by atoms with Gasteiger partial charge in [-0.1, -0.05) is 26.0 Å². The monoisotopic (exact) mass is 319 g/mol. The van der Waals surface area contributed by atoms with Gasteiger partial charge in [0, 0.05) is 19.5 Å². The van der Waals surface area contributed by atoms with Crippen LogP contribution in [0.15, 0.2) is 24.3 Å². The Bertz CT molecular complexity index is 548. The van der Waals surface area contributed by atoms with Crippen LogP contribution in [-0.2, 0) is 9.59 Å². The average molecular weight is 319 g/mol. The second-order valence-corrected chi connectivity index (χ2v) is 6.44. The first kappa shape index (κ1) is 17.3. The Kier molecular flexibility index (Phi) is 6.02. The summed E-state index contributed by atoms with van der Waals surface area (Å²) in [6.45, 7) is 5.50. The molecule has 1 amide bonds. The van der Waals surface area contributed by atoms with Crippen molar-refractivity contribution in [3.63, 3.8) is 0 Å². The summed E-state index contributed by atoms with van der Waals surface area (Å²) >= 11 is 0. The molecule has 1 aliphatic rings. The highest BCUT2D eigenvalue weighted by Crippen LogP contribution is 2.22. The lowest BCUT2D eigenvalue weighted by Gasteiger charge is -2.31. The lowest BCUT2D eigenvalue weighted by molar-refractivity contribution is -0.139. The van der Waals surface area contributed by atoms with Crippen molar-refractivity contribution in [1.29, 1.82) is 0 Å². The van der Waals surface area contributed by atoms with Crippen LogP contribution in [0.4, 0.5) is 0 Å². The van der Waals surface area contributed by atoms with Gasteiger partial charge in [0.1, 0.15) is 5.75 Å². The maximum atomic E-state index is 12.2. The van der Waals surface area contributed by atoms with Crippen molar-refractivity contribution in [2.75, 3.05) is 19.7 Å². The summed E-state index contributed by atoms with van der Waals surface area (Å²) in [6, 6.07) is 7.81. The molecule has 1 aromatic carbocycles. The third-order valence-corrected chi connectivity index (χ3v) is 4.32. The number of rotatable bonds is 6. The molecule has 0 unspecified atom stereocenters. The van der Waals surface area contributed by atoms with Crippen LogP contribution in [0.3, 0.4) is 0 Å². The van der Waals surface area contributed by atoms with Crippen LogP contribution in [0.25, 0.3) is 0 Å². The largest absolute Gasteiger partial charge is 0.484 e. The molecular formula is C18H25NO4. The topological polar surface area (TPSA) is 66.8 Å². The number of benzene rings is 1. The fourth-order valence-electron chi connectivity index (χ4n) is 2.83. The van der Waals surface area contributed by atoms with Crippen LogP contribution in [0, 0.1) is 5.92 Å². The van der Waals surface area contributed by atoms with Gasteiger partial charge < -0.3 is 14.7 Å². The second kappa shape index (κ2) is 7.99. The van der Waals surface area contributed by atoms with Crippen LogP contribution in [0.2, 0.25) is 0 Å². The Balaban J connectivity index is 1.79. The van der Waals surface area contributed by atoms with Gasteiger partial charge in [0.05, 0.1) is 0 Å². The van der Waals surface area contributed by atoms with Crippen molar-refractivity contribution >= 4 is 11.9 Å². The third-order valence-electron chi connectivity index (χ3n) is 4.32. The van der Waals surface area contributed by atoms with E-state index >= 15 is 0 Å². The zero-order valence-electron chi connectivity index (χ0n) is 13.8. The summed E-state index contributed by atoms with van der Waals surface area (Å²) < 4.78 is 5.62. The van der Waals surface area contributed by atoms with E-state index < -0.39 is 5.97 Å². The number of carboxylic acids is 1. The molecule has 23 heavy (non-hydrogen) atoms. The van der Waals surface area contributed by atoms with Crippen LogP contribution in [0.5, 0.6) is 5.75 Å². The Hall–Kier alpha value is -2.04. The van der Waals surface area contributed by atoms with Crippen molar-refractivity contribution in [3.05, 3.63) is 29.8 Å². The fourth-order valence-corrected chi connectivity index (χ4v) is 2.83. The van der Waals surface area contributed by atoms with E-state index in [-0.39, 0.29) is 24.9 Å². The molecule has 0 saturated carbocycles. The highest BCUT2D eigenvalue weighted by atomic mass is 16.5. The minimum Gasteiger partial charge on any atom is -0.484 e. The summed E-state index contributed by atoms with van der Waals surface area (Å²) in [7, 11) is 0. The standard InChI is InChI=1S/C18H25NO4/c1-13(2)15-4-3-5-16(11-15)23-12-17(20)19-8-6-14(7-9-19)10-18(21)22/h3-5,11,13-14H,6-10,12H2,1-2H3,(H,21,22). The summed E-state index contributed by atoms with van der Waals surface area (Å²) in [6.07, 6.45) is 1.70. The number of carboxylic acid groups (broad SMARTS) is 1. The van der Waals surface area contributed by atoms with E-state index in [1.807, 2.05) is 24.3 Å². The number of ether oxygens (including phenoxy) is 1. The molecule has 126 valence electrons. The van der Waals surface area contributed by atoms with Crippen molar-refractivity contribution in [1.82, 2.24) is 4.90 Å². The Morgan fingerprint density at radius 2 is 2.00 bits per heavy atom. The first-order chi connectivity index (χ1) is 11.0. The highest BCUT2D eigenvalue weighted by Gasteiger charge is 2.24. The normalized spacial score (nSPS) is 15.7. The molecule has 1 fully saturated rings. The van der Waals surface area contributed by atoms with Gasteiger partial charge in [-0.25, -0.2) is 0 Å². The van der Waals surface area contributed by atoms with Crippen LogP contribution < -0.4 is 4.74 Å². The molecule has 0 bridgehead atoms. The van der Waals surface area contributed by atoms with Gasteiger partial charge in [-0.3, -0.25) is 9.59 Å². The Labute approximate surface area is 137 Å². The van der Waals surface area contributed by atoms with Gasteiger partial charge in [-0.05, 0) is 42.4 Å². The molecule has 1 saturated heterocycles. The van der Waals surface area contributed by atoms with Gasteiger partial charge >= 0.3 is 5.97 Å². The maximum absolute atomic E-state index is 12.2. The van der Waals surface area contributed by atoms with E-state index in [0.29, 0.717) is 24.8 Å². The molecule has 0 radical (unpaired) electrons. The number of likely N-dealkylation sites (tertiary alicyclic amines) is 1. The van der Waals surface area contributed by atoms with Crippen LogP contribution in [-0.4, -0.2) is 41.6 Å². The van der Waals surface area contributed by atoms with Crippen molar-refractivity contribution < 1.29 is 19.4 Å². The number of nitrogens with zero attached hydrogens (tertiary/aromatic N) is 1. The Morgan fingerprint density at radius 3 is 2.61 bits per heavy atom. The molecule has 2 rings (SSSR count). The molecule has 5 heteroatoms. The van der Waals surface area contributed by atoms with Crippen LogP contribution in [0.1, 0.15) is 44.6 Å². The highest BCUT2D eigenvalue weighted by molar-refractivity contribution is 5.78. The van der Waals surface area contributed by atoms with Gasteiger partial charge in [0.2, 0.25) is 0 Å². The predicted octanol–water partition coefficient (Wildman–Crippen LogP) is 2.90. The summed E-state index contributed by atoms with van der Waals surface area (Å²) in [5.41, 5.74) is 1.18. The first-order valence-corrected chi connectivity index (χ1v) is 8.18. The molecule has 1 aromatic rings. The lowest BCUT2D eigenvalue weighted by Crippen LogP contribution is -2.41. The fraction of sp³-hybridized carbons (Fsp3) is 0.556. The van der Waals surface area contributed by atoms with E-state index in [1.165, 1.54) is 5.56 Å². The van der Waals surface area contributed by atoms with Gasteiger partial charge in [-0.2, -0.15) is 0 Å². The quantitative estimate of drug-likeness (QED) is 0.875. The number of aliphatic carboxylic acids is 1. The number of amides is 1. The predicted molar refractivity (Wildman–Crippen MR) is 87.6 cm³/mol. The van der Waals surface area contributed by atoms with Gasteiger partial charge in [-0.15, -0.1) is 0 Å². The van der Waals surface area contributed by atoms with Crippen LogP contribution >= 0.6 is 0 Å². The Morgan fingerprint density at radius 1 is 1.30 bits per heavy atom. The molecule has 0 spiro atoms. The summed E-state index contributed by atoms with van der Waals surface area (Å²) in [5, 5.41) is 8.81. The van der Waals surface area contributed by atoms with E-state index in [0.717, 1.165) is 12.8 Å². The summed E-state index contributed by atoms with van der Waals surface area (Å²) in [4.78, 5) is 24.7. The first-order valence-electron chi connectivity index (χ1n) is 8.18. The second-order valence-electron chi connectivity index (χ2n) is 6.44. The number of piperidine rings is 1. The average Bonchev–Trinajstić information content (AvgIpc) is 2.53. The van der Waals surface area contributed by atoms with E-state index in [2.05, 4.69) is 13.8 Å². The molecule has 0 aliphatic carbocycles. The smallest absolute Gasteiger partial charge is 0.303 e. The molecule has 0 atom stereocenters. The van der Waals surface area contributed by atoms with Crippen molar-refractivity contribution in [2.24, 2.45) is 5.92 Å². The van der Waals surface area contributed by atoms with E-state index in [4.69, 9.17) is 9.84 Å². The molecule has 1 N–H and O–H groups in total. The summed E-state index contributed by atoms with van der Waals surface area (Å²) in [5.74, 6) is 0.518. The van der Waals surface area contributed by atoms with E-state index in [9.17, 15) is 9.59 Å². The SMILES string of the molecule is CC(C)c1cccc(OCC(=O)N2CCC(CC(=O)O)CC2)c1. The third kappa shape index (κ3) is 5.27. The molecule has 5 nitrogen and oxygen atoms in total. The van der Waals surface area contributed by atoms with Gasteiger partial charge in [0.25, 0.3) is 5.91 Å². The van der Waals surface area contributed by atoms with Gasteiger partial charge in [0.15, 0.2) is 6.61 Å². The minimum absolute atomic E-state index is 0.0329. The zero-order valence-corrected chi connectivity index (χ0v) is 13.8. The number of hydrogen-bond donors (Lipinski definition) is 1. The molecule has 1 aliphatic heterocycles. The number of carbonyl (C=O) groups excluding carboxylic acids is 1. The van der Waals surface area contributed by atoms with Crippen molar-refractivity contribution in [2.45, 2.75) is 39.0 Å².